The van der Waals surface area contributed by atoms with E-state index in [0.717, 1.165) is 5.56 Å². The normalized spacial score (nSPS) is 17.1. The molecule has 0 aliphatic carbocycles. The monoisotopic (exact) mass is 271 g/mol. The molecule has 1 aliphatic rings. The molecule has 1 fully saturated rings. The molecule has 4 heteroatoms. The van der Waals surface area contributed by atoms with Gasteiger partial charge in [-0.25, -0.2) is 0 Å². The molecule has 1 aromatic carbocycles. The molecule has 1 heterocycles. The molecule has 4 nitrogen and oxygen atoms in total. The van der Waals surface area contributed by atoms with Crippen LogP contribution in [0.4, 0.5) is 5.69 Å². The lowest BCUT2D eigenvalue weighted by atomic mass is 9.92. The van der Waals surface area contributed by atoms with E-state index in [2.05, 4.69) is 11.8 Å². The zero-order valence-corrected chi connectivity index (χ0v) is 11.6. The van der Waals surface area contributed by atoms with E-state index in [9.17, 15) is 9.59 Å². The Morgan fingerprint density at radius 2 is 1.90 bits per heavy atom. The van der Waals surface area contributed by atoms with Crippen LogP contribution in [0.1, 0.15) is 32.3 Å². The Labute approximate surface area is 118 Å². The number of carbonyl (C=O) groups is 2. The molecule has 20 heavy (non-hydrogen) atoms. The van der Waals surface area contributed by atoms with E-state index >= 15 is 0 Å². The zero-order chi connectivity index (χ0) is 14.8. The molecule has 1 N–H and O–H groups in total. The fraction of sp³-hybridized carbons (Fsp3) is 0.375. The van der Waals surface area contributed by atoms with Gasteiger partial charge in [-0.05, 0) is 24.3 Å². The highest BCUT2D eigenvalue weighted by molar-refractivity contribution is 6.22. The molecule has 0 atom stereocenters. The van der Waals surface area contributed by atoms with Crippen molar-refractivity contribution >= 4 is 17.5 Å². The number of nitrogens with zero attached hydrogens (tertiary/aromatic N) is 1. The standard InChI is InChI=1S/C16H17NO3/c1-16(2)11-14(19)17(15(16)20)13-8-6-12(7-9-13)5-3-4-10-18/h6-9,18H,4,10-11H2,1-2H3. The number of amides is 2. The van der Waals surface area contributed by atoms with Crippen molar-refractivity contribution in [3.63, 3.8) is 0 Å². The third kappa shape index (κ3) is 2.73. The second-order valence-electron chi connectivity index (χ2n) is 5.42. The Morgan fingerprint density at radius 1 is 1.25 bits per heavy atom. The minimum atomic E-state index is -0.628. The van der Waals surface area contributed by atoms with Gasteiger partial charge in [-0.1, -0.05) is 25.7 Å². The van der Waals surface area contributed by atoms with Crippen LogP contribution in [0.15, 0.2) is 24.3 Å². The van der Waals surface area contributed by atoms with E-state index in [1.54, 1.807) is 38.1 Å². The number of imide groups is 1. The summed E-state index contributed by atoms with van der Waals surface area (Å²) in [6.45, 7) is 3.60. The van der Waals surface area contributed by atoms with Crippen molar-refractivity contribution in [2.75, 3.05) is 11.5 Å². The zero-order valence-electron chi connectivity index (χ0n) is 11.6. The Morgan fingerprint density at radius 3 is 2.40 bits per heavy atom. The van der Waals surface area contributed by atoms with Crippen LogP contribution < -0.4 is 4.90 Å². The molecule has 0 saturated carbocycles. The van der Waals surface area contributed by atoms with Crippen LogP contribution in [0.5, 0.6) is 0 Å². The second kappa shape index (κ2) is 5.48. The second-order valence-corrected chi connectivity index (χ2v) is 5.42. The van der Waals surface area contributed by atoms with Crippen LogP contribution in [-0.2, 0) is 9.59 Å². The van der Waals surface area contributed by atoms with Crippen LogP contribution in [0.25, 0.3) is 0 Å². The molecule has 1 aliphatic heterocycles. The highest BCUT2D eigenvalue weighted by atomic mass is 16.2. The summed E-state index contributed by atoms with van der Waals surface area (Å²) in [5.41, 5.74) is 0.746. The predicted molar refractivity (Wildman–Crippen MR) is 75.9 cm³/mol. The SMILES string of the molecule is CC1(C)CC(=O)N(c2ccc(C#CCCO)cc2)C1=O. The van der Waals surface area contributed by atoms with E-state index in [4.69, 9.17) is 5.11 Å². The van der Waals surface area contributed by atoms with Gasteiger partial charge in [0.25, 0.3) is 0 Å². The fourth-order valence-electron chi connectivity index (χ4n) is 2.12. The lowest BCUT2D eigenvalue weighted by Gasteiger charge is -2.17. The van der Waals surface area contributed by atoms with Crippen molar-refractivity contribution in [3.8, 4) is 11.8 Å². The van der Waals surface area contributed by atoms with Crippen molar-refractivity contribution in [2.45, 2.75) is 26.7 Å². The highest BCUT2D eigenvalue weighted by Crippen LogP contribution is 2.34. The predicted octanol–water partition coefficient (Wildman–Crippen LogP) is 1.71. The van der Waals surface area contributed by atoms with E-state index in [1.165, 1.54) is 4.90 Å². The van der Waals surface area contributed by atoms with E-state index < -0.39 is 5.41 Å². The van der Waals surface area contributed by atoms with Gasteiger partial charge in [0.1, 0.15) is 0 Å². The van der Waals surface area contributed by atoms with Crippen molar-refractivity contribution in [3.05, 3.63) is 29.8 Å². The summed E-state index contributed by atoms with van der Waals surface area (Å²) in [5, 5.41) is 8.66. The molecule has 1 aromatic rings. The van der Waals surface area contributed by atoms with E-state index in [0.29, 0.717) is 12.1 Å². The van der Waals surface area contributed by atoms with Crippen LogP contribution in [0.3, 0.4) is 0 Å². The average Bonchev–Trinajstić information content (AvgIpc) is 2.60. The number of carbonyl (C=O) groups excluding carboxylic acids is 2. The first-order chi connectivity index (χ1) is 9.45. The van der Waals surface area contributed by atoms with Gasteiger partial charge in [-0.2, -0.15) is 0 Å². The first kappa shape index (κ1) is 14.3. The molecule has 2 rings (SSSR count). The van der Waals surface area contributed by atoms with Gasteiger partial charge in [-0.15, -0.1) is 0 Å². The van der Waals surface area contributed by atoms with Crippen molar-refractivity contribution in [1.82, 2.24) is 0 Å². The van der Waals surface area contributed by atoms with Gasteiger partial charge >= 0.3 is 0 Å². The quantitative estimate of drug-likeness (QED) is 0.658. The summed E-state index contributed by atoms with van der Waals surface area (Å²) in [6.07, 6.45) is 0.670. The van der Waals surface area contributed by atoms with Crippen LogP contribution >= 0.6 is 0 Å². The Balaban J connectivity index is 2.21. The Bertz CT molecular complexity index is 590. The van der Waals surface area contributed by atoms with Crippen molar-refractivity contribution in [2.24, 2.45) is 5.41 Å². The number of hydrogen-bond acceptors (Lipinski definition) is 3. The summed E-state index contributed by atoms with van der Waals surface area (Å²) in [4.78, 5) is 25.4. The van der Waals surface area contributed by atoms with Crippen LogP contribution in [-0.4, -0.2) is 23.5 Å². The first-order valence-electron chi connectivity index (χ1n) is 6.53. The molecule has 104 valence electrons. The Hall–Kier alpha value is -2.12. The molecule has 0 spiro atoms. The van der Waals surface area contributed by atoms with Gasteiger partial charge in [0.2, 0.25) is 11.8 Å². The summed E-state index contributed by atoms with van der Waals surface area (Å²) in [7, 11) is 0. The molecule has 0 radical (unpaired) electrons. The number of aliphatic hydroxyl groups is 1. The summed E-state index contributed by atoms with van der Waals surface area (Å²) in [5.74, 6) is 5.39. The number of anilines is 1. The lowest BCUT2D eigenvalue weighted by Crippen LogP contribution is -2.32. The third-order valence-corrected chi connectivity index (χ3v) is 3.22. The number of benzene rings is 1. The third-order valence-electron chi connectivity index (χ3n) is 3.22. The molecule has 2 amide bonds. The maximum atomic E-state index is 12.2. The highest BCUT2D eigenvalue weighted by Gasteiger charge is 2.45. The Kier molecular flexibility index (Phi) is 3.91. The van der Waals surface area contributed by atoms with Gasteiger partial charge in [0.15, 0.2) is 0 Å². The maximum Gasteiger partial charge on any atom is 0.239 e. The van der Waals surface area contributed by atoms with Crippen molar-refractivity contribution in [1.29, 1.82) is 0 Å². The summed E-state index contributed by atoms with van der Waals surface area (Å²) in [6, 6.07) is 6.98. The van der Waals surface area contributed by atoms with Gasteiger partial charge < -0.3 is 5.11 Å². The summed E-state index contributed by atoms with van der Waals surface area (Å²) < 4.78 is 0. The minimum absolute atomic E-state index is 0.0386. The molecule has 0 bridgehead atoms. The molecular weight excluding hydrogens is 254 g/mol. The minimum Gasteiger partial charge on any atom is -0.395 e. The van der Waals surface area contributed by atoms with Gasteiger partial charge in [-0.3, -0.25) is 14.5 Å². The van der Waals surface area contributed by atoms with Gasteiger partial charge in [0.05, 0.1) is 17.7 Å². The molecular formula is C16H17NO3. The van der Waals surface area contributed by atoms with Crippen molar-refractivity contribution < 1.29 is 14.7 Å². The molecule has 0 unspecified atom stereocenters. The number of hydrogen-bond donors (Lipinski definition) is 1. The maximum absolute atomic E-state index is 12.2. The summed E-state index contributed by atoms with van der Waals surface area (Å²) >= 11 is 0. The largest absolute Gasteiger partial charge is 0.395 e. The smallest absolute Gasteiger partial charge is 0.239 e. The average molecular weight is 271 g/mol. The van der Waals surface area contributed by atoms with E-state index in [-0.39, 0.29) is 24.8 Å². The lowest BCUT2D eigenvalue weighted by molar-refractivity contribution is -0.124. The van der Waals surface area contributed by atoms with Crippen LogP contribution in [0, 0.1) is 17.3 Å². The molecule has 1 saturated heterocycles. The number of rotatable bonds is 2. The van der Waals surface area contributed by atoms with Crippen LogP contribution in [0.2, 0.25) is 0 Å². The van der Waals surface area contributed by atoms with E-state index in [1.807, 2.05) is 0 Å². The fourth-order valence-corrected chi connectivity index (χ4v) is 2.12. The topological polar surface area (TPSA) is 57.6 Å². The van der Waals surface area contributed by atoms with Gasteiger partial charge in [0, 0.05) is 18.4 Å². The number of aliphatic hydroxyl groups excluding tert-OH is 1. The molecule has 0 aromatic heterocycles. The first-order valence-corrected chi connectivity index (χ1v) is 6.53.